The molecule has 0 saturated heterocycles. The summed E-state index contributed by atoms with van der Waals surface area (Å²) in [5.41, 5.74) is 1.95. The predicted octanol–water partition coefficient (Wildman–Crippen LogP) is 4.66. The zero-order valence-corrected chi connectivity index (χ0v) is 25.5. The van der Waals surface area contributed by atoms with Gasteiger partial charge in [0.15, 0.2) is 11.5 Å². The topological polar surface area (TPSA) is 105 Å². The van der Waals surface area contributed by atoms with Crippen LogP contribution in [0.2, 0.25) is 0 Å². The maximum Gasteiger partial charge on any atom is 0.243 e. The minimum atomic E-state index is -3.68. The number of nitrogens with zero attached hydrogens (tertiary/aromatic N) is 2. The van der Waals surface area contributed by atoms with Crippen LogP contribution in [0.4, 0.5) is 10.1 Å². The highest BCUT2D eigenvalue weighted by molar-refractivity contribution is 7.92. The van der Waals surface area contributed by atoms with Crippen molar-refractivity contribution < 1.29 is 31.9 Å². The van der Waals surface area contributed by atoms with Gasteiger partial charge in [-0.25, -0.2) is 12.8 Å². The second-order valence-corrected chi connectivity index (χ2v) is 12.6. The largest absolute Gasteiger partial charge is 0.454 e. The zero-order chi connectivity index (χ0) is 31.0. The summed E-state index contributed by atoms with van der Waals surface area (Å²) in [5, 5.41) is 3.01. The lowest BCUT2D eigenvalue weighted by Gasteiger charge is -2.32. The number of nitrogens with one attached hydrogen (secondary N) is 1. The zero-order valence-electron chi connectivity index (χ0n) is 24.7. The first-order valence-corrected chi connectivity index (χ1v) is 16.2. The van der Waals surface area contributed by atoms with Crippen molar-refractivity contribution in [3.63, 3.8) is 0 Å². The number of benzene rings is 3. The van der Waals surface area contributed by atoms with E-state index in [0.29, 0.717) is 22.7 Å². The summed E-state index contributed by atoms with van der Waals surface area (Å²) in [6, 6.07) is 19.2. The van der Waals surface area contributed by atoms with Gasteiger partial charge in [0.1, 0.15) is 11.9 Å². The molecule has 4 rings (SSSR count). The van der Waals surface area contributed by atoms with Crippen molar-refractivity contribution >= 4 is 27.5 Å². The molecule has 0 bridgehead atoms. The highest BCUT2D eigenvalue weighted by Crippen LogP contribution is 2.36. The third-order valence-corrected chi connectivity index (χ3v) is 8.53. The van der Waals surface area contributed by atoms with E-state index in [9.17, 15) is 22.4 Å². The van der Waals surface area contributed by atoms with Gasteiger partial charge in [0, 0.05) is 38.0 Å². The highest BCUT2D eigenvalue weighted by Gasteiger charge is 2.31. The van der Waals surface area contributed by atoms with E-state index in [1.165, 1.54) is 21.3 Å². The van der Waals surface area contributed by atoms with E-state index < -0.39 is 21.9 Å². The van der Waals surface area contributed by atoms with Crippen molar-refractivity contribution in [2.75, 3.05) is 23.9 Å². The smallest absolute Gasteiger partial charge is 0.243 e. The van der Waals surface area contributed by atoms with Gasteiger partial charge < -0.3 is 19.7 Å². The lowest BCUT2D eigenvalue weighted by Crippen LogP contribution is -2.52. The molecule has 0 fully saturated rings. The molecule has 1 N–H and O–H groups in total. The Morgan fingerprint density at radius 3 is 2.35 bits per heavy atom. The number of halogens is 1. The number of anilines is 1. The van der Waals surface area contributed by atoms with Gasteiger partial charge in [0.2, 0.25) is 28.6 Å². The molecule has 1 aliphatic rings. The summed E-state index contributed by atoms with van der Waals surface area (Å²) in [4.78, 5) is 29.0. The summed E-state index contributed by atoms with van der Waals surface area (Å²) in [7, 11) is -3.68. The van der Waals surface area contributed by atoms with Crippen molar-refractivity contribution in [1.29, 1.82) is 0 Å². The Bertz CT molecular complexity index is 1500. The minimum absolute atomic E-state index is 0.0142. The molecule has 9 nitrogen and oxygen atoms in total. The molecule has 1 heterocycles. The lowest BCUT2D eigenvalue weighted by molar-refractivity contribution is -0.141. The van der Waals surface area contributed by atoms with Crippen LogP contribution >= 0.6 is 0 Å². The molecule has 0 spiro atoms. The number of carbonyl (C=O) groups is 2. The fraction of sp³-hybridized carbons (Fsp3) is 0.375. The molecule has 43 heavy (non-hydrogen) atoms. The summed E-state index contributed by atoms with van der Waals surface area (Å²) >= 11 is 0. The van der Waals surface area contributed by atoms with Crippen LogP contribution in [-0.4, -0.2) is 56.8 Å². The standard InChI is InChI=1S/C32H38FN3O6S/c1-4-23(2)34-32(38)28(19-24-9-6-5-7-10-24)35(21-25-12-14-26(33)15-13-25)31(37)11-8-18-36(43(3,39)40)27-16-17-29-30(20-27)42-22-41-29/h5-7,9-10,12-17,20,23,28H,4,8,11,18-19,21-22H2,1-3H3,(H,34,38)/t23-,28+/m0/s1. The van der Waals surface area contributed by atoms with E-state index in [1.807, 2.05) is 44.2 Å². The number of sulfonamides is 1. The highest BCUT2D eigenvalue weighted by atomic mass is 32.2. The van der Waals surface area contributed by atoms with E-state index in [-0.39, 0.29) is 57.0 Å². The maximum atomic E-state index is 13.9. The molecule has 1 aliphatic heterocycles. The molecule has 3 aromatic rings. The van der Waals surface area contributed by atoms with Gasteiger partial charge in [-0.15, -0.1) is 0 Å². The molecule has 0 unspecified atom stereocenters. The first-order valence-electron chi connectivity index (χ1n) is 14.3. The van der Waals surface area contributed by atoms with E-state index in [4.69, 9.17) is 9.47 Å². The Kier molecular flexibility index (Phi) is 10.6. The van der Waals surface area contributed by atoms with Gasteiger partial charge in [-0.1, -0.05) is 49.4 Å². The van der Waals surface area contributed by atoms with Crippen LogP contribution in [0.1, 0.15) is 44.2 Å². The Morgan fingerprint density at radius 2 is 1.67 bits per heavy atom. The fourth-order valence-corrected chi connectivity index (χ4v) is 5.78. The summed E-state index contributed by atoms with van der Waals surface area (Å²) in [6.07, 6.45) is 2.29. The second kappa shape index (κ2) is 14.4. The van der Waals surface area contributed by atoms with Crippen LogP contribution in [-0.2, 0) is 32.6 Å². The fourth-order valence-electron chi connectivity index (χ4n) is 4.83. The third kappa shape index (κ3) is 8.70. The maximum absolute atomic E-state index is 13.9. The second-order valence-electron chi connectivity index (χ2n) is 10.6. The van der Waals surface area contributed by atoms with Crippen molar-refractivity contribution in [3.05, 3.63) is 89.7 Å². The lowest BCUT2D eigenvalue weighted by atomic mass is 10.0. The Morgan fingerprint density at radius 1 is 0.977 bits per heavy atom. The first kappa shape index (κ1) is 31.8. The van der Waals surface area contributed by atoms with Gasteiger partial charge >= 0.3 is 0 Å². The normalized spacial score (nSPS) is 13.7. The van der Waals surface area contributed by atoms with E-state index in [0.717, 1.165) is 18.2 Å². The summed E-state index contributed by atoms with van der Waals surface area (Å²) in [6.45, 7) is 4.05. The number of carbonyl (C=O) groups excluding carboxylic acids is 2. The van der Waals surface area contributed by atoms with Crippen molar-refractivity contribution in [2.45, 2.75) is 58.2 Å². The van der Waals surface area contributed by atoms with Crippen LogP contribution in [0, 0.1) is 5.82 Å². The molecule has 3 aromatic carbocycles. The van der Waals surface area contributed by atoms with Crippen molar-refractivity contribution in [3.8, 4) is 11.5 Å². The van der Waals surface area contributed by atoms with Crippen LogP contribution < -0.4 is 19.1 Å². The number of ether oxygens (including phenoxy) is 2. The SMILES string of the molecule is CC[C@H](C)NC(=O)[C@@H](Cc1ccccc1)N(Cc1ccc(F)cc1)C(=O)CCCN(c1ccc2c(c1)OCO2)S(C)(=O)=O. The molecule has 2 atom stereocenters. The quantitative estimate of drug-likeness (QED) is 0.285. The number of hydrogen-bond donors (Lipinski definition) is 1. The molecule has 0 aromatic heterocycles. The Labute approximate surface area is 252 Å². The molecular formula is C32H38FN3O6S. The molecule has 0 saturated carbocycles. The average Bonchev–Trinajstić information content (AvgIpc) is 3.46. The van der Waals surface area contributed by atoms with Crippen LogP contribution in [0.25, 0.3) is 0 Å². The van der Waals surface area contributed by atoms with E-state index in [1.54, 1.807) is 30.3 Å². The van der Waals surface area contributed by atoms with E-state index in [2.05, 4.69) is 5.32 Å². The molecule has 2 amide bonds. The van der Waals surface area contributed by atoms with Gasteiger partial charge in [0.05, 0.1) is 11.9 Å². The molecular weight excluding hydrogens is 573 g/mol. The van der Waals surface area contributed by atoms with Gasteiger partial charge in [0.25, 0.3) is 0 Å². The molecule has 0 aliphatic carbocycles. The third-order valence-electron chi connectivity index (χ3n) is 7.33. The van der Waals surface area contributed by atoms with Gasteiger partial charge in [-0.2, -0.15) is 0 Å². The number of fused-ring (bicyclic) bond motifs is 1. The van der Waals surface area contributed by atoms with Crippen molar-refractivity contribution in [2.24, 2.45) is 0 Å². The van der Waals surface area contributed by atoms with Crippen molar-refractivity contribution in [1.82, 2.24) is 10.2 Å². The molecule has 11 heteroatoms. The minimum Gasteiger partial charge on any atom is -0.454 e. The number of hydrogen-bond acceptors (Lipinski definition) is 6. The number of amides is 2. The molecule has 230 valence electrons. The summed E-state index contributed by atoms with van der Waals surface area (Å²) in [5.74, 6) is -0.0236. The predicted molar refractivity (Wildman–Crippen MR) is 163 cm³/mol. The Hall–Kier alpha value is -4.12. The summed E-state index contributed by atoms with van der Waals surface area (Å²) < 4.78 is 51.1. The molecule has 0 radical (unpaired) electrons. The van der Waals surface area contributed by atoms with Crippen LogP contribution in [0.3, 0.4) is 0 Å². The average molecular weight is 612 g/mol. The van der Waals surface area contributed by atoms with Crippen LogP contribution in [0.5, 0.6) is 11.5 Å². The monoisotopic (exact) mass is 611 g/mol. The Balaban J connectivity index is 1.58. The first-order chi connectivity index (χ1) is 20.5. The van der Waals surface area contributed by atoms with E-state index >= 15 is 0 Å². The van der Waals surface area contributed by atoms with Gasteiger partial charge in [-0.05, 0) is 55.2 Å². The number of rotatable bonds is 14. The van der Waals surface area contributed by atoms with Crippen LogP contribution in [0.15, 0.2) is 72.8 Å². The van der Waals surface area contributed by atoms with Gasteiger partial charge in [-0.3, -0.25) is 13.9 Å².